The summed E-state index contributed by atoms with van der Waals surface area (Å²) >= 11 is 3.09. The van der Waals surface area contributed by atoms with Crippen molar-refractivity contribution in [3.05, 3.63) is 28.9 Å². The molecule has 0 saturated carbocycles. The summed E-state index contributed by atoms with van der Waals surface area (Å²) in [6.07, 6.45) is 1.96. The monoisotopic (exact) mass is 212 g/mol. The maximum Gasteiger partial charge on any atom is 0.142 e. The molecule has 2 aromatic rings. The van der Waals surface area contributed by atoms with Crippen molar-refractivity contribution in [2.24, 2.45) is 0 Å². The normalized spacial score (nSPS) is 11.0. The zero-order valence-corrected chi connectivity index (χ0v) is 9.06. The fourth-order valence-corrected chi connectivity index (χ4v) is 2.70. The van der Waals surface area contributed by atoms with Crippen LogP contribution in [-0.2, 0) is 0 Å². The summed E-state index contributed by atoms with van der Waals surface area (Å²) in [4.78, 5) is 2.15. The van der Waals surface area contributed by atoms with Gasteiger partial charge in [-0.15, -0.1) is 23.1 Å². The molecule has 0 atom stereocenters. The SMILES string of the molecule is CSc1cc(F)c2sc(C)cc2c1. The Kier molecular flexibility index (Phi) is 2.30. The quantitative estimate of drug-likeness (QED) is 0.642. The fraction of sp³-hybridized carbons (Fsp3) is 0.200. The highest BCUT2D eigenvalue weighted by Gasteiger charge is 2.05. The van der Waals surface area contributed by atoms with E-state index in [2.05, 4.69) is 0 Å². The predicted octanol–water partition coefficient (Wildman–Crippen LogP) is 4.07. The minimum atomic E-state index is -0.0973. The molecular weight excluding hydrogens is 203 g/mol. The zero-order valence-electron chi connectivity index (χ0n) is 7.43. The maximum absolute atomic E-state index is 13.4. The molecule has 0 saturated heterocycles. The lowest BCUT2D eigenvalue weighted by Crippen LogP contribution is -1.75. The summed E-state index contributed by atoms with van der Waals surface area (Å²) in [5, 5.41) is 1.02. The molecule has 1 aromatic heterocycles. The van der Waals surface area contributed by atoms with Crippen molar-refractivity contribution in [1.82, 2.24) is 0 Å². The Labute approximate surface area is 84.8 Å². The molecule has 0 aliphatic rings. The second-order valence-electron chi connectivity index (χ2n) is 2.88. The van der Waals surface area contributed by atoms with Crippen LogP contribution in [0.5, 0.6) is 0 Å². The van der Waals surface area contributed by atoms with E-state index in [9.17, 15) is 4.39 Å². The Bertz CT molecular complexity index is 445. The molecule has 0 bridgehead atoms. The fourth-order valence-electron chi connectivity index (χ4n) is 1.33. The van der Waals surface area contributed by atoms with Gasteiger partial charge in [0.2, 0.25) is 0 Å². The van der Waals surface area contributed by atoms with E-state index in [1.807, 2.05) is 25.3 Å². The number of aryl methyl sites for hydroxylation is 1. The van der Waals surface area contributed by atoms with E-state index in [4.69, 9.17) is 0 Å². The smallest absolute Gasteiger partial charge is 0.142 e. The Hall–Kier alpha value is -0.540. The van der Waals surface area contributed by atoms with Crippen molar-refractivity contribution >= 4 is 33.2 Å². The van der Waals surface area contributed by atoms with E-state index in [0.29, 0.717) is 0 Å². The van der Waals surface area contributed by atoms with Crippen LogP contribution in [0.4, 0.5) is 4.39 Å². The topological polar surface area (TPSA) is 0 Å². The van der Waals surface area contributed by atoms with Crippen LogP contribution in [0, 0.1) is 12.7 Å². The predicted molar refractivity (Wildman–Crippen MR) is 58.3 cm³/mol. The Morgan fingerprint density at radius 2 is 2.08 bits per heavy atom. The number of halogens is 1. The van der Waals surface area contributed by atoms with Crippen LogP contribution in [0.25, 0.3) is 10.1 Å². The van der Waals surface area contributed by atoms with Gasteiger partial charge >= 0.3 is 0 Å². The lowest BCUT2D eigenvalue weighted by molar-refractivity contribution is 0.638. The van der Waals surface area contributed by atoms with Crippen LogP contribution in [0.2, 0.25) is 0 Å². The number of hydrogen-bond donors (Lipinski definition) is 0. The van der Waals surface area contributed by atoms with Crippen molar-refractivity contribution in [2.45, 2.75) is 11.8 Å². The Morgan fingerprint density at radius 1 is 1.31 bits per heavy atom. The van der Waals surface area contributed by atoms with Gasteiger partial charge in [0.15, 0.2) is 0 Å². The van der Waals surface area contributed by atoms with E-state index >= 15 is 0 Å². The second-order valence-corrected chi connectivity index (χ2v) is 5.02. The van der Waals surface area contributed by atoms with Gasteiger partial charge in [-0.05, 0) is 36.8 Å². The lowest BCUT2D eigenvalue weighted by Gasteiger charge is -1.97. The number of fused-ring (bicyclic) bond motifs is 1. The maximum atomic E-state index is 13.4. The number of thiophene rings is 1. The lowest BCUT2D eigenvalue weighted by atomic mass is 10.2. The summed E-state index contributed by atoms with van der Waals surface area (Å²) in [5.74, 6) is -0.0973. The van der Waals surface area contributed by atoms with Gasteiger partial charge in [0.25, 0.3) is 0 Å². The summed E-state index contributed by atoms with van der Waals surface area (Å²) in [6, 6.07) is 5.66. The molecule has 0 aliphatic carbocycles. The standard InChI is InChI=1S/C10H9FS2/c1-6-3-7-4-8(12-2)5-9(11)10(7)13-6/h3-5H,1-2H3. The molecule has 0 nitrogen and oxygen atoms in total. The van der Waals surface area contributed by atoms with Crippen LogP contribution < -0.4 is 0 Å². The molecule has 0 fully saturated rings. The van der Waals surface area contributed by atoms with Crippen molar-refractivity contribution < 1.29 is 4.39 Å². The summed E-state index contributed by atoms with van der Waals surface area (Å²) in [7, 11) is 0. The first-order valence-electron chi connectivity index (χ1n) is 3.94. The molecule has 0 amide bonds. The number of rotatable bonds is 1. The molecule has 0 radical (unpaired) electrons. The summed E-state index contributed by atoms with van der Waals surface area (Å²) in [6.45, 7) is 2.00. The summed E-state index contributed by atoms with van der Waals surface area (Å²) < 4.78 is 14.2. The van der Waals surface area contributed by atoms with Gasteiger partial charge in [0, 0.05) is 9.77 Å². The number of hydrogen-bond acceptors (Lipinski definition) is 2. The third-order valence-corrected chi connectivity index (χ3v) is 3.69. The van der Waals surface area contributed by atoms with E-state index in [1.165, 1.54) is 11.3 Å². The molecule has 0 aliphatic heterocycles. The van der Waals surface area contributed by atoms with Gasteiger partial charge in [-0.1, -0.05) is 0 Å². The Balaban J connectivity index is 2.75. The van der Waals surface area contributed by atoms with Crippen LogP contribution >= 0.6 is 23.1 Å². The molecule has 13 heavy (non-hydrogen) atoms. The largest absolute Gasteiger partial charge is 0.205 e. The van der Waals surface area contributed by atoms with Crippen molar-refractivity contribution in [3.63, 3.8) is 0 Å². The van der Waals surface area contributed by atoms with E-state index < -0.39 is 0 Å². The van der Waals surface area contributed by atoms with Crippen LogP contribution in [0.1, 0.15) is 4.88 Å². The van der Waals surface area contributed by atoms with Gasteiger partial charge in [-0.3, -0.25) is 0 Å². The Morgan fingerprint density at radius 3 is 2.77 bits per heavy atom. The first kappa shape index (κ1) is 9.03. The van der Waals surface area contributed by atoms with Crippen molar-refractivity contribution in [2.75, 3.05) is 6.26 Å². The molecule has 3 heteroatoms. The second kappa shape index (κ2) is 3.31. The van der Waals surface area contributed by atoms with Crippen molar-refractivity contribution in [3.8, 4) is 0 Å². The van der Waals surface area contributed by atoms with Crippen LogP contribution in [0.3, 0.4) is 0 Å². The molecule has 0 spiro atoms. The highest BCUT2D eigenvalue weighted by atomic mass is 32.2. The highest BCUT2D eigenvalue weighted by molar-refractivity contribution is 7.98. The van der Waals surface area contributed by atoms with Crippen molar-refractivity contribution in [1.29, 1.82) is 0 Å². The van der Waals surface area contributed by atoms with Gasteiger partial charge < -0.3 is 0 Å². The molecule has 1 heterocycles. The summed E-state index contributed by atoms with van der Waals surface area (Å²) in [5.41, 5.74) is 0. The molecule has 1 aromatic carbocycles. The highest BCUT2D eigenvalue weighted by Crippen LogP contribution is 2.31. The minimum Gasteiger partial charge on any atom is -0.205 e. The average Bonchev–Trinajstić information content (AvgIpc) is 2.46. The van der Waals surface area contributed by atoms with E-state index in [0.717, 1.165) is 19.9 Å². The number of benzene rings is 1. The van der Waals surface area contributed by atoms with E-state index in [1.54, 1.807) is 17.8 Å². The molecular formula is C10H9FS2. The third-order valence-electron chi connectivity index (χ3n) is 1.90. The minimum absolute atomic E-state index is 0.0973. The first-order valence-corrected chi connectivity index (χ1v) is 5.98. The van der Waals surface area contributed by atoms with Crippen LogP contribution in [-0.4, -0.2) is 6.26 Å². The van der Waals surface area contributed by atoms with Gasteiger partial charge in [0.1, 0.15) is 5.82 Å². The van der Waals surface area contributed by atoms with Gasteiger partial charge in [-0.25, -0.2) is 4.39 Å². The molecule has 0 N–H and O–H groups in total. The molecule has 68 valence electrons. The van der Waals surface area contributed by atoms with E-state index in [-0.39, 0.29) is 5.82 Å². The number of thioether (sulfide) groups is 1. The zero-order chi connectivity index (χ0) is 9.42. The molecule has 0 unspecified atom stereocenters. The van der Waals surface area contributed by atoms with Gasteiger partial charge in [0.05, 0.1) is 4.70 Å². The average molecular weight is 212 g/mol. The van der Waals surface area contributed by atoms with Gasteiger partial charge in [-0.2, -0.15) is 0 Å². The first-order chi connectivity index (χ1) is 6.20. The third kappa shape index (κ3) is 1.58. The van der Waals surface area contributed by atoms with Crippen LogP contribution in [0.15, 0.2) is 23.1 Å². The molecule has 2 rings (SSSR count).